The minimum Gasteiger partial charge on any atom is -0.478 e. The van der Waals surface area contributed by atoms with Crippen molar-refractivity contribution in [2.45, 2.75) is 37.3 Å². The number of likely N-dealkylation sites (tertiary alicyclic amines) is 1. The molecule has 0 radical (unpaired) electrons. The number of carbonyl (C=O) groups is 1. The first-order valence-corrected chi connectivity index (χ1v) is 12.8. The minimum absolute atomic E-state index is 0.137. The number of anilines is 1. The summed E-state index contributed by atoms with van der Waals surface area (Å²) in [6, 6.07) is 10.1. The van der Waals surface area contributed by atoms with Gasteiger partial charge in [0.25, 0.3) is 0 Å². The van der Waals surface area contributed by atoms with Gasteiger partial charge in [-0.05, 0) is 49.4 Å². The van der Waals surface area contributed by atoms with Gasteiger partial charge >= 0.3 is 0 Å². The van der Waals surface area contributed by atoms with Crippen LogP contribution in [0.3, 0.4) is 0 Å². The molecule has 188 valence electrons. The van der Waals surface area contributed by atoms with Crippen molar-refractivity contribution in [2.24, 2.45) is 0 Å². The Kier molecular flexibility index (Phi) is 6.09. The molecule has 0 N–H and O–H groups in total. The normalized spacial score (nSPS) is 21.4. The SMILES string of the molecule is CN1C(=O)C2(CCOCC2)c2c1cnc1ccc(-c3ccc(OCCCN4CC[C@@H](F)C4)nc3)cc21. The molecule has 8 heteroatoms. The second-order valence-corrected chi connectivity index (χ2v) is 10.1. The number of carbonyl (C=O) groups excluding carboxylic acids is 1. The zero-order valence-corrected chi connectivity index (χ0v) is 20.6. The number of amides is 1. The molecule has 1 spiro atoms. The third-order valence-corrected chi connectivity index (χ3v) is 7.90. The molecule has 2 aromatic heterocycles. The molecule has 3 aliphatic heterocycles. The van der Waals surface area contributed by atoms with Crippen molar-refractivity contribution >= 4 is 22.5 Å². The number of ether oxygens (including phenoxy) is 2. The van der Waals surface area contributed by atoms with Gasteiger partial charge in [0.1, 0.15) is 6.17 Å². The molecule has 3 aliphatic rings. The Hall–Kier alpha value is -3.10. The van der Waals surface area contributed by atoms with Gasteiger partial charge in [-0.15, -0.1) is 0 Å². The van der Waals surface area contributed by atoms with Crippen molar-refractivity contribution in [3.8, 4) is 17.0 Å². The number of alkyl halides is 1. The molecule has 7 nitrogen and oxygen atoms in total. The van der Waals surface area contributed by atoms with E-state index >= 15 is 0 Å². The maximum Gasteiger partial charge on any atom is 0.237 e. The highest BCUT2D eigenvalue weighted by Gasteiger charge is 2.51. The van der Waals surface area contributed by atoms with E-state index in [4.69, 9.17) is 9.47 Å². The van der Waals surface area contributed by atoms with E-state index in [2.05, 4.69) is 20.9 Å². The van der Waals surface area contributed by atoms with Gasteiger partial charge in [0, 0.05) is 68.7 Å². The van der Waals surface area contributed by atoms with Crippen LogP contribution in [0.2, 0.25) is 0 Å². The van der Waals surface area contributed by atoms with Gasteiger partial charge in [0.2, 0.25) is 11.8 Å². The van der Waals surface area contributed by atoms with Crippen LogP contribution in [-0.4, -0.2) is 73.4 Å². The van der Waals surface area contributed by atoms with Gasteiger partial charge in [-0.25, -0.2) is 9.37 Å². The van der Waals surface area contributed by atoms with E-state index in [-0.39, 0.29) is 5.91 Å². The van der Waals surface area contributed by atoms with E-state index in [1.807, 2.05) is 43.7 Å². The van der Waals surface area contributed by atoms with Crippen molar-refractivity contribution in [2.75, 3.05) is 51.4 Å². The molecule has 0 saturated carbocycles. The standard InChI is InChI=1S/C28H31FN4O3/c1-32-24-17-30-23-5-3-19(15-22(23)26(24)28(27(32)34)8-13-35-14-9-28)20-4-6-25(31-16-20)36-12-2-10-33-11-7-21(29)18-33/h3-6,15-17,21H,2,7-14,18H2,1H3/t21-/m1/s1. The van der Waals surface area contributed by atoms with Crippen molar-refractivity contribution in [3.05, 3.63) is 48.3 Å². The molecule has 1 aromatic carbocycles. The monoisotopic (exact) mass is 490 g/mol. The summed E-state index contributed by atoms with van der Waals surface area (Å²) in [7, 11) is 1.84. The van der Waals surface area contributed by atoms with Crippen LogP contribution in [0.4, 0.5) is 10.1 Å². The molecule has 2 fully saturated rings. The summed E-state index contributed by atoms with van der Waals surface area (Å²) < 4.78 is 24.7. The third-order valence-electron chi connectivity index (χ3n) is 7.90. The number of benzene rings is 1. The number of pyridine rings is 2. The van der Waals surface area contributed by atoms with Gasteiger partial charge in [-0.2, -0.15) is 0 Å². The Balaban J connectivity index is 1.22. The van der Waals surface area contributed by atoms with E-state index in [0.29, 0.717) is 51.5 Å². The van der Waals surface area contributed by atoms with Crippen LogP contribution in [0.15, 0.2) is 42.7 Å². The van der Waals surface area contributed by atoms with E-state index in [9.17, 15) is 9.18 Å². The fourth-order valence-electron chi connectivity index (χ4n) is 5.93. The van der Waals surface area contributed by atoms with Crippen molar-refractivity contribution in [1.29, 1.82) is 0 Å². The van der Waals surface area contributed by atoms with E-state index in [1.54, 1.807) is 4.90 Å². The molecule has 0 unspecified atom stereocenters. The molecule has 6 rings (SSSR count). The molecule has 1 amide bonds. The summed E-state index contributed by atoms with van der Waals surface area (Å²) in [4.78, 5) is 26.4. The number of halogens is 1. The Morgan fingerprint density at radius 2 is 1.97 bits per heavy atom. The van der Waals surface area contributed by atoms with Crippen LogP contribution < -0.4 is 9.64 Å². The first-order chi connectivity index (χ1) is 17.5. The third kappa shape index (κ3) is 4.02. The lowest BCUT2D eigenvalue weighted by atomic mass is 9.74. The number of nitrogens with zero attached hydrogens (tertiary/aromatic N) is 4. The fourth-order valence-corrected chi connectivity index (χ4v) is 5.93. The van der Waals surface area contributed by atoms with E-state index in [0.717, 1.165) is 52.8 Å². The average Bonchev–Trinajstić information content (AvgIpc) is 3.42. The van der Waals surface area contributed by atoms with Gasteiger partial charge in [-0.1, -0.05) is 6.07 Å². The Labute approximate surface area is 210 Å². The maximum atomic E-state index is 13.4. The average molecular weight is 491 g/mol. The Morgan fingerprint density at radius 3 is 2.72 bits per heavy atom. The summed E-state index contributed by atoms with van der Waals surface area (Å²) in [5, 5.41) is 1.02. The van der Waals surface area contributed by atoms with Crippen molar-refractivity contribution in [1.82, 2.24) is 14.9 Å². The van der Waals surface area contributed by atoms with Crippen LogP contribution in [0, 0.1) is 0 Å². The molecular weight excluding hydrogens is 459 g/mol. The zero-order chi connectivity index (χ0) is 24.7. The lowest BCUT2D eigenvalue weighted by Gasteiger charge is -2.32. The van der Waals surface area contributed by atoms with Crippen molar-refractivity contribution < 1.29 is 18.7 Å². The predicted molar refractivity (Wildman–Crippen MR) is 136 cm³/mol. The predicted octanol–water partition coefficient (Wildman–Crippen LogP) is 4.13. The number of fused-ring (bicyclic) bond motifs is 4. The Bertz CT molecular complexity index is 1280. The van der Waals surface area contributed by atoms with Gasteiger partial charge in [0.15, 0.2) is 0 Å². The Morgan fingerprint density at radius 1 is 1.14 bits per heavy atom. The van der Waals surface area contributed by atoms with Gasteiger partial charge in [0.05, 0.1) is 29.4 Å². The minimum atomic E-state index is -0.685. The summed E-state index contributed by atoms with van der Waals surface area (Å²) in [6.07, 6.45) is 5.82. The molecule has 36 heavy (non-hydrogen) atoms. The van der Waals surface area contributed by atoms with Crippen molar-refractivity contribution in [3.63, 3.8) is 0 Å². The number of likely N-dealkylation sites (N-methyl/N-ethyl adjacent to an activating group) is 1. The first-order valence-electron chi connectivity index (χ1n) is 12.8. The lowest BCUT2D eigenvalue weighted by molar-refractivity contribution is -0.126. The molecule has 1 atom stereocenters. The number of rotatable bonds is 6. The highest BCUT2D eigenvalue weighted by molar-refractivity contribution is 6.12. The van der Waals surface area contributed by atoms with Crippen LogP contribution in [0.5, 0.6) is 5.88 Å². The van der Waals surface area contributed by atoms with Gasteiger partial charge in [-0.3, -0.25) is 9.78 Å². The molecule has 2 saturated heterocycles. The first kappa shape index (κ1) is 23.3. The quantitative estimate of drug-likeness (QED) is 0.484. The number of hydrogen-bond donors (Lipinski definition) is 0. The second-order valence-electron chi connectivity index (χ2n) is 10.1. The summed E-state index contributed by atoms with van der Waals surface area (Å²) in [5.41, 5.74) is 4.32. The van der Waals surface area contributed by atoms with Gasteiger partial charge < -0.3 is 19.3 Å². The molecular formula is C28H31FN4O3. The molecule has 0 aliphatic carbocycles. The number of hydrogen-bond acceptors (Lipinski definition) is 6. The number of aromatic nitrogens is 2. The lowest BCUT2D eigenvalue weighted by Crippen LogP contribution is -2.43. The van der Waals surface area contributed by atoms with Crippen LogP contribution in [0.1, 0.15) is 31.2 Å². The van der Waals surface area contributed by atoms with Crippen LogP contribution >= 0.6 is 0 Å². The smallest absolute Gasteiger partial charge is 0.237 e. The molecule has 0 bridgehead atoms. The highest BCUT2D eigenvalue weighted by atomic mass is 19.1. The van der Waals surface area contributed by atoms with E-state index < -0.39 is 11.6 Å². The molecule has 5 heterocycles. The van der Waals surface area contributed by atoms with Crippen LogP contribution in [0.25, 0.3) is 22.0 Å². The largest absolute Gasteiger partial charge is 0.478 e. The van der Waals surface area contributed by atoms with Crippen LogP contribution in [-0.2, 0) is 14.9 Å². The summed E-state index contributed by atoms with van der Waals surface area (Å²) >= 11 is 0. The summed E-state index contributed by atoms with van der Waals surface area (Å²) in [5.74, 6) is 0.721. The fraction of sp³-hybridized carbons (Fsp3) is 0.464. The second kappa shape index (κ2) is 9.41. The molecule has 3 aromatic rings. The van der Waals surface area contributed by atoms with E-state index in [1.165, 1.54) is 0 Å². The summed E-state index contributed by atoms with van der Waals surface area (Å²) in [6.45, 7) is 3.94. The topological polar surface area (TPSA) is 67.8 Å². The highest BCUT2D eigenvalue weighted by Crippen LogP contribution is 2.50. The zero-order valence-electron chi connectivity index (χ0n) is 20.6. The maximum absolute atomic E-state index is 13.4.